The molecular weight excluding hydrogens is 525 g/mol. The molecular formula is C26H24ClF3N4O4. The Kier molecular flexibility index (Phi) is 7.21. The molecule has 12 heteroatoms. The van der Waals surface area contributed by atoms with E-state index < -0.39 is 51.9 Å². The Bertz CT molecular complexity index is 1530. The second-order valence-electron chi connectivity index (χ2n) is 9.43. The van der Waals surface area contributed by atoms with Gasteiger partial charge in [0, 0.05) is 41.7 Å². The first-order valence-electron chi connectivity index (χ1n) is 11.5. The van der Waals surface area contributed by atoms with Crippen molar-refractivity contribution in [3.8, 4) is 5.75 Å². The van der Waals surface area contributed by atoms with Crippen molar-refractivity contribution in [2.75, 3.05) is 0 Å². The lowest BCUT2D eigenvalue weighted by Gasteiger charge is -2.36. The van der Waals surface area contributed by atoms with Gasteiger partial charge in [0.05, 0.1) is 11.9 Å². The van der Waals surface area contributed by atoms with Gasteiger partial charge >= 0.3 is 0 Å². The minimum absolute atomic E-state index is 0.0107. The van der Waals surface area contributed by atoms with E-state index in [-0.39, 0.29) is 34.1 Å². The number of rotatable bonds is 6. The molecule has 1 unspecified atom stereocenters. The van der Waals surface area contributed by atoms with Gasteiger partial charge in [-0.05, 0) is 32.9 Å². The third-order valence-electron chi connectivity index (χ3n) is 6.11. The topological polar surface area (TPSA) is 110 Å². The van der Waals surface area contributed by atoms with E-state index >= 15 is 4.39 Å². The number of hydrogen-bond acceptors (Lipinski definition) is 7. The lowest BCUT2D eigenvalue weighted by molar-refractivity contribution is -0.0187. The second kappa shape index (κ2) is 9.97. The smallest absolute Gasteiger partial charge is 0.275 e. The van der Waals surface area contributed by atoms with E-state index in [0.717, 1.165) is 10.8 Å². The van der Waals surface area contributed by atoms with Gasteiger partial charge in [-0.2, -0.15) is 0 Å². The second-order valence-corrected chi connectivity index (χ2v) is 9.81. The molecule has 0 fully saturated rings. The minimum Gasteiger partial charge on any atom is -0.485 e. The maximum atomic E-state index is 15.3. The van der Waals surface area contributed by atoms with E-state index in [1.165, 1.54) is 51.4 Å². The van der Waals surface area contributed by atoms with Crippen LogP contribution in [-0.2, 0) is 17.9 Å². The summed E-state index contributed by atoms with van der Waals surface area (Å²) in [6.07, 6.45) is 4.73. The Morgan fingerprint density at radius 2 is 1.95 bits per heavy atom. The number of pyridine rings is 3. The molecule has 2 atom stereocenters. The Labute approximate surface area is 220 Å². The van der Waals surface area contributed by atoms with Crippen LogP contribution in [0.1, 0.15) is 43.4 Å². The molecule has 0 spiro atoms. The van der Waals surface area contributed by atoms with Gasteiger partial charge in [-0.1, -0.05) is 18.5 Å². The quantitative estimate of drug-likeness (QED) is 0.477. The maximum absolute atomic E-state index is 15.3. The van der Waals surface area contributed by atoms with Gasteiger partial charge in [0.1, 0.15) is 40.2 Å². The summed E-state index contributed by atoms with van der Waals surface area (Å²) in [4.78, 5) is 25.1. The first-order chi connectivity index (χ1) is 17.7. The number of aliphatic hydroxyl groups is 2. The Morgan fingerprint density at radius 3 is 2.61 bits per heavy atom. The lowest BCUT2D eigenvalue weighted by Crippen LogP contribution is -2.47. The molecule has 3 aromatic rings. The fourth-order valence-corrected chi connectivity index (χ4v) is 4.28. The van der Waals surface area contributed by atoms with Gasteiger partial charge in [0.15, 0.2) is 17.4 Å². The predicted molar refractivity (Wildman–Crippen MR) is 134 cm³/mol. The molecule has 4 rings (SSSR count). The monoisotopic (exact) mass is 548 g/mol. The van der Waals surface area contributed by atoms with Crippen LogP contribution in [-0.4, -0.2) is 31.0 Å². The normalized spacial score (nSPS) is 19.4. The molecule has 0 aromatic carbocycles. The number of aliphatic imine (C=N–C) groups is 1. The standard InChI is InChI=1S/C26H24ClF3N4O4/c1-13-10-32-18(16-5-6-31-23(22(16)30)25(3,4)36)9-26(13,37)34-14(2)7-20(21(27)24(34)35)38-12-19-17(29)8-15(28)11-33-19/h5-11,13,36-37H,12H2,1-4H3/t13?,26-/m0/s1. The van der Waals surface area contributed by atoms with Crippen molar-refractivity contribution in [2.24, 2.45) is 10.9 Å². The van der Waals surface area contributed by atoms with E-state index in [0.29, 0.717) is 6.07 Å². The van der Waals surface area contributed by atoms with Crippen molar-refractivity contribution < 1.29 is 28.1 Å². The highest BCUT2D eigenvalue weighted by Gasteiger charge is 2.39. The van der Waals surface area contributed by atoms with E-state index in [4.69, 9.17) is 16.3 Å². The molecule has 8 nitrogen and oxygen atoms in total. The summed E-state index contributed by atoms with van der Waals surface area (Å²) in [6.45, 7) is 5.46. The molecule has 4 heterocycles. The molecule has 2 N–H and O–H groups in total. The molecule has 0 amide bonds. The van der Waals surface area contributed by atoms with E-state index in [1.807, 2.05) is 0 Å². The summed E-state index contributed by atoms with van der Waals surface area (Å²) in [5.74, 6) is -3.45. The summed E-state index contributed by atoms with van der Waals surface area (Å²) in [5, 5.41) is 21.6. The molecule has 38 heavy (non-hydrogen) atoms. The zero-order valence-electron chi connectivity index (χ0n) is 20.8. The summed E-state index contributed by atoms with van der Waals surface area (Å²) >= 11 is 6.29. The highest BCUT2D eigenvalue weighted by Crippen LogP contribution is 2.36. The highest BCUT2D eigenvalue weighted by atomic mass is 35.5. The number of nitrogens with zero attached hydrogens (tertiary/aromatic N) is 4. The highest BCUT2D eigenvalue weighted by molar-refractivity contribution is 6.31. The SMILES string of the molecule is Cc1cc(OCc2ncc(F)cc2F)c(Cl)c(=O)n1[C@]1(O)C=C(c2ccnc(C(C)(C)O)c2F)N=CC1C. The third kappa shape index (κ3) is 4.96. The summed E-state index contributed by atoms with van der Waals surface area (Å²) in [7, 11) is 0. The zero-order valence-corrected chi connectivity index (χ0v) is 21.6. The van der Waals surface area contributed by atoms with Crippen molar-refractivity contribution >= 4 is 23.5 Å². The van der Waals surface area contributed by atoms with Crippen LogP contribution in [0.15, 0.2) is 46.5 Å². The average molecular weight is 549 g/mol. The summed E-state index contributed by atoms with van der Waals surface area (Å²) in [5.41, 5.74) is -4.64. The molecule has 0 saturated carbocycles. The fraction of sp³-hybridized carbons (Fsp3) is 0.308. The first-order valence-corrected chi connectivity index (χ1v) is 11.8. The molecule has 1 aliphatic rings. The van der Waals surface area contributed by atoms with Gasteiger partial charge in [0.25, 0.3) is 5.56 Å². The van der Waals surface area contributed by atoms with Gasteiger partial charge in [0.2, 0.25) is 0 Å². The van der Waals surface area contributed by atoms with Crippen LogP contribution in [0, 0.1) is 30.3 Å². The van der Waals surface area contributed by atoms with Crippen molar-refractivity contribution in [3.05, 3.63) is 92.1 Å². The van der Waals surface area contributed by atoms with Gasteiger partial charge in [-0.3, -0.25) is 24.3 Å². The van der Waals surface area contributed by atoms with Crippen LogP contribution < -0.4 is 10.3 Å². The third-order valence-corrected chi connectivity index (χ3v) is 6.46. The number of hydrogen-bond donors (Lipinski definition) is 2. The van der Waals surface area contributed by atoms with E-state index in [1.54, 1.807) is 6.92 Å². The van der Waals surface area contributed by atoms with Gasteiger partial charge < -0.3 is 14.9 Å². The Balaban J connectivity index is 1.75. The van der Waals surface area contributed by atoms with Crippen LogP contribution in [0.5, 0.6) is 5.75 Å². The van der Waals surface area contributed by atoms with Gasteiger partial charge in [-0.15, -0.1) is 0 Å². The predicted octanol–water partition coefficient (Wildman–Crippen LogP) is 4.23. The number of ether oxygens (including phenoxy) is 1. The summed E-state index contributed by atoms with van der Waals surface area (Å²) in [6, 6.07) is 3.36. The zero-order chi connectivity index (χ0) is 28.0. The Morgan fingerprint density at radius 1 is 1.24 bits per heavy atom. The first kappa shape index (κ1) is 27.5. The van der Waals surface area contributed by atoms with Crippen LogP contribution in [0.25, 0.3) is 5.70 Å². The van der Waals surface area contributed by atoms with Crippen molar-refractivity contribution in [1.29, 1.82) is 0 Å². The molecule has 0 radical (unpaired) electrons. The molecule has 0 aliphatic carbocycles. The Hall–Kier alpha value is -3.54. The van der Waals surface area contributed by atoms with Crippen molar-refractivity contribution in [2.45, 2.75) is 45.6 Å². The van der Waals surface area contributed by atoms with Crippen molar-refractivity contribution in [1.82, 2.24) is 14.5 Å². The van der Waals surface area contributed by atoms with Crippen molar-refractivity contribution in [3.63, 3.8) is 0 Å². The minimum atomic E-state index is -2.02. The summed E-state index contributed by atoms with van der Waals surface area (Å²) < 4.78 is 48.8. The molecule has 0 bridgehead atoms. The molecule has 3 aromatic heterocycles. The molecule has 200 valence electrons. The van der Waals surface area contributed by atoms with Gasteiger partial charge in [-0.25, -0.2) is 13.2 Å². The van der Waals surface area contributed by atoms with Crippen LogP contribution in [0.3, 0.4) is 0 Å². The van der Waals surface area contributed by atoms with E-state index in [2.05, 4.69) is 15.0 Å². The fourth-order valence-electron chi connectivity index (χ4n) is 4.08. The molecule has 0 saturated heterocycles. The van der Waals surface area contributed by atoms with Crippen LogP contribution in [0.4, 0.5) is 13.2 Å². The largest absolute Gasteiger partial charge is 0.485 e. The lowest BCUT2D eigenvalue weighted by atomic mass is 9.91. The van der Waals surface area contributed by atoms with Crippen LogP contribution >= 0.6 is 11.6 Å². The molecule has 1 aliphatic heterocycles. The number of halogens is 4. The van der Waals surface area contributed by atoms with Crippen LogP contribution in [0.2, 0.25) is 5.02 Å². The number of aryl methyl sites for hydroxylation is 1. The van der Waals surface area contributed by atoms with E-state index in [9.17, 15) is 23.8 Å². The maximum Gasteiger partial charge on any atom is 0.275 e. The average Bonchev–Trinajstić information content (AvgIpc) is 2.83. The number of aromatic nitrogens is 3.